The molecule has 0 aliphatic heterocycles. The molecule has 5 heteroatoms. The van der Waals surface area contributed by atoms with Gasteiger partial charge in [0.1, 0.15) is 0 Å². The van der Waals surface area contributed by atoms with Crippen molar-refractivity contribution in [3.8, 4) is 0 Å². The Hall–Kier alpha value is -1.10. The summed E-state index contributed by atoms with van der Waals surface area (Å²) in [6.45, 7) is 4.44. The van der Waals surface area contributed by atoms with E-state index in [-0.39, 0.29) is 6.10 Å². The van der Waals surface area contributed by atoms with Crippen LogP contribution in [-0.4, -0.2) is 33.4 Å². The predicted molar refractivity (Wildman–Crippen MR) is 143 cm³/mol. The van der Waals surface area contributed by atoms with E-state index in [2.05, 4.69) is 13.8 Å². The summed E-state index contributed by atoms with van der Waals surface area (Å²) in [5, 5.41) is 26.7. The Morgan fingerprint density at radius 3 is 1.06 bits per heavy atom. The highest BCUT2D eigenvalue weighted by Gasteiger charge is 2.03. The molecule has 204 valence electrons. The van der Waals surface area contributed by atoms with Gasteiger partial charge in [0, 0.05) is 12.8 Å². The summed E-state index contributed by atoms with van der Waals surface area (Å²) in [6, 6.07) is 0. The van der Waals surface area contributed by atoms with Crippen molar-refractivity contribution < 1.29 is 24.9 Å². The molecule has 0 rings (SSSR count). The molecule has 0 aliphatic rings. The molecule has 34 heavy (non-hydrogen) atoms. The van der Waals surface area contributed by atoms with Crippen molar-refractivity contribution in [1.29, 1.82) is 0 Å². The topological polar surface area (TPSA) is 94.8 Å². The largest absolute Gasteiger partial charge is 0.481 e. The van der Waals surface area contributed by atoms with E-state index in [0.717, 1.165) is 57.8 Å². The second-order valence-corrected chi connectivity index (χ2v) is 9.88. The third kappa shape index (κ3) is 35.5. The second kappa shape index (κ2) is 29.9. The minimum atomic E-state index is -0.689. The first-order chi connectivity index (χ1) is 16.4. The van der Waals surface area contributed by atoms with E-state index in [0.29, 0.717) is 12.8 Å². The van der Waals surface area contributed by atoms with Gasteiger partial charge in [-0.3, -0.25) is 9.59 Å². The van der Waals surface area contributed by atoms with Gasteiger partial charge in [0.25, 0.3) is 0 Å². The summed E-state index contributed by atoms with van der Waals surface area (Å²) in [7, 11) is 0. The van der Waals surface area contributed by atoms with Crippen molar-refractivity contribution in [2.45, 2.75) is 174 Å². The molecule has 3 N–H and O–H groups in total. The van der Waals surface area contributed by atoms with Crippen LogP contribution in [0.4, 0.5) is 0 Å². The molecule has 0 amide bonds. The van der Waals surface area contributed by atoms with E-state index in [1.807, 2.05) is 0 Å². The van der Waals surface area contributed by atoms with Crippen molar-refractivity contribution in [3.05, 3.63) is 0 Å². The summed E-state index contributed by atoms with van der Waals surface area (Å²) < 4.78 is 0. The monoisotopic (exact) mass is 486 g/mol. The van der Waals surface area contributed by atoms with Gasteiger partial charge in [-0.25, -0.2) is 0 Å². The number of rotatable bonds is 25. The highest BCUT2D eigenvalue weighted by atomic mass is 16.4. The number of aliphatic hydroxyl groups is 1. The third-order valence-electron chi connectivity index (χ3n) is 6.31. The number of unbranched alkanes of at least 4 members (excludes halogenated alkanes) is 17. The number of carbonyl (C=O) groups is 2. The summed E-state index contributed by atoms with van der Waals surface area (Å²) in [6.07, 6.45) is 26.3. The summed E-state index contributed by atoms with van der Waals surface area (Å²) in [4.78, 5) is 20.5. The molecule has 5 nitrogen and oxygen atoms in total. The van der Waals surface area contributed by atoms with Crippen LogP contribution in [0.2, 0.25) is 0 Å². The second-order valence-electron chi connectivity index (χ2n) is 9.88. The highest BCUT2D eigenvalue weighted by molar-refractivity contribution is 5.66. The van der Waals surface area contributed by atoms with E-state index < -0.39 is 11.9 Å². The molecule has 0 aliphatic carbocycles. The van der Waals surface area contributed by atoms with Crippen molar-refractivity contribution >= 4 is 11.9 Å². The molecular weight excluding hydrogens is 428 g/mol. The van der Waals surface area contributed by atoms with Crippen LogP contribution in [0.3, 0.4) is 0 Å². The Balaban J connectivity index is 0. The molecule has 0 saturated carbocycles. The normalized spacial score (nSPS) is 11.6. The lowest BCUT2D eigenvalue weighted by atomic mass is 10.0. The van der Waals surface area contributed by atoms with Crippen LogP contribution in [0, 0.1) is 0 Å². The lowest BCUT2D eigenvalue weighted by Gasteiger charge is -2.09. The van der Waals surface area contributed by atoms with Gasteiger partial charge >= 0.3 is 11.9 Å². The van der Waals surface area contributed by atoms with Crippen LogP contribution < -0.4 is 0 Å². The summed E-state index contributed by atoms with van der Waals surface area (Å²) in [5.74, 6) is -1.35. The maximum atomic E-state index is 10.3. The van der Waals surface area contributed by atoms with Gasteiger partial charge in [-0.05, 0) is 25.7 Å². The molecular formula is C29H58O5. The van der Waals surface area contributed by atoms with Crippen molar-refractivity contribution in [1.82, 2.24) is 0 Å². The quantitative estimate of drug-likeness (QED) is 0.112. The van der Waals surface area contributed by atoms with Gasteiger partial charge in [0.15, 0.2) is 0 Å². The number of aliphatic carboxylic acids is 2. The molecule has 0 spiro atoms. The molecule has 0 saturated heterocycles. The van der Waals surface area contributed by atoms with Crippen LogP contribution in [0.5, 0.6) is 0 Å². The lowest BCUT2D eigenvalue weighted by Crippen LogP contribution is -2.05. The molecule has 0 radical (unpaired) electrons. The third-order valence-corrected chi connectivity index (χ3v) is 6.31. The number of carboxylic acids is 2. The van der Waals surface area contributed by atoms with Gasteiger partial charge < -0.3 is 15.3 Å². The van der Waals surface area contributed by atoms with E-state index in [9.17, 15) is 14.7 Å². The number of carboxylic acid groups (broad SMARTS) is 2. The summed E-state index contributed by atoms with van der Waals surface area (Å²) in [5.41, 5.74) is 0. The fraction of sp³-hybridized carbons (Fsp3) is 0.931. The number of hydrogen-bond acceptors (Lipinski definition) is 3. The molecule has 0 heterocycles. The Morgan fingerprint density at radius 1 is 0.471 bits per heavy atom. The Bertz CT molecular complexity index is 425. The van der Waals surface area contributed by atoms with Crippen LogP contribution in [0.25, 0.3) is 0 Å². The minimum Gasteiger partial charge on any atom is -0.481 e. The highest BCUT2D eigenvalue weighted by Crippen LogP contribution is 2.14. The molecule has 0 fully saturated rings. The zero-order chi connectivity index (χ0) is 25.7. The molecule has 0 bridgehead atoms. The maximum absolute atomic E-state index is 10.3. The van der Waals surface area contributed by atoms with Gasteiger partial charge in [-0.1, -0.05) is 129 Å². The maximum Gasteiger partial charge on any atom is 0.303 e. The Kier molecular flexibility index (Phi) is 30.9. The zero-order valence-electron chi connectivity index (χ0n) is 22.7. The standard InChI is InChI=1S/C16H32O3.C13H26O2/c1-2-3-4-9-12-15(17)13-10-7-5-6-8-11-14-16(18)19;1-2-3-4-5-6-7-8-9-10-11-12-13(14)15/h15,17H,2-14H2,1H3,(H,18,19);2-12H2,1H3,(H,14,15). The fourth-order valence-electron chi connectivity index (χ4n) is 4.08. The average molecular weight is 487 g/mol. The molecule has 1 unspecified atom stereocenters. The number of hydrogen-bond donors (Lipinski definition) is 3. The lowest BCUT2D eigenvalue weighted by molar-refractivity contribution is -0.138. The Labute approximate surface area is 211 Å². The molecule has 0 aromatic rings. The van der Waals surface area contributed by atoms with E-state index in [1.54, 1.807) is 0 Å². The predicted octanol–water partition coefficient (Wildman–Crippen LogP) is 8.91. The van der Waals surface area contributed by atoms with Gasteiger partial charge in [-0.15, -0.1) is 0 Å². The van der Waals surface area contributed by atoms with Gasteiger partial charge in [-0.2, -0.15) is 0 Å². The van der Waals surface area contributed by atoms with Crippen LogP contribution in [0.1, 0.15) is 168 Å². The summed E-state index contributed by atoms with van der Waals surface area (Å²) >= 11 is 0. The zero-order valence-corrected chi connectivity index (χ0v) is 22.7. The average Bonchev–Trinajstić information content (AvgIpc) is 2.80. The van der Waals surface area contributed by atoms with Crippen molar-refractivity contribution in [3.63, 3.8) is 0 Å². The van der Waals surface area contributed by atoms with E-state index in [4.69, 9.17) is 10.2 Å². The first-order valence-corrected chi connectivity index (χ1v) is 14.6. The first-order valence-electron chi connectivity index (χ1n) is 14.6. The van der Waals surface area contributed by atoms with Crippen molar-refractivity contribution in [2.75, 3.05) is 0 Å². The van der Waals surface area contributed by atoms with Crippen LogP contribution in [-0.2, 0) is 9.59 Å². The smallest absolute Gasteiger partial charge is 0.303 e. The van der Waals surface area contributed by atoms with Crippen LogP contribution >= 0.6 is 0 Å². The van der Waals surface area contributed by atoms with Gasteiger partial charge in [0.05, 0.1) is 6.10 Å². The minimum absolute atomic E-state index is 0.108. The Morgan fingerprint density at radius 2 is 0.735 bits per heavy atom. The van der Waals surface area contributed by atoms with Gasteiger partial charge in [0.2, 0.25) is 0 Å². The molecule has 0 aromatic carbocycles. The first kappa shape index (κ1) is 35.1. The molecule has 0 aromatic heterocycles. The van der Waals surface area contributed by atoms with E-state index in [1.165, 1.54) is 83.5 Å². The van der Waals surface area contributed by atoms with E-state index >= 15 is 0 Å². The van der Waals surface area contributed by atoms with Crippen LogP contribution in [0.15, 0.2) is 0 Å². The molecule has 1 atom stereocenters. The SMILES string of the molecule is CCCCCCC(O)CCCCCCCCC(=O)O.CCCCCCCCCCCCC(=O)O. The fourth-order valence-corrected chi connectivity index (χ4v) is 4.08. The van der Waals surface area contributed by atoms with Crippen molar-refractivity contribution in [2.24, 2.45) is 0 Å². The number of aliphatic hydroxyl groups excluding tert-OH is 1.